The maximum Gasteiger partial charge on any atom is 0.306 e. The minimum atomic E-state index is -0.798. The van der Waals surface area contributed by atoms with Gasteiger partial charge in [-0.05, 0) is 83.5 Å². The van der Waals surface area contributed by atoms with Crippen LogP contribution in [-0.4, -0.2) is 46.9 Å². The highest BCUT2D eigenvalue weighted by Crippen LogP contribution is 2.17. The fourth-order valence-electron chi connectivity index (χ4n) is 8.20. The average Bonchev–Trinajstić information content (AvgIpc) is 3.28. The van der Waals surface area contributed by atoms with Crippen molar-refractivity contribution in [3.8, 4) is 0 Å². The molecule has 0 aromatic heterocycles. The van der Waals surface area contributed by atoms with E-state index in [2.05, 4.69) is 74.7 Å². The quantitative estimate of drug-likeness (QED) is 0.0321. The number of esters is 1. The Labute approximate surface area is 391 Å². The molecule has 0 radical (unpaired) electrons. The predicted octanol–water partition coefficient (Wildman–Crippen LogP) is 16.6. The third-order valence-electron chi connectivity index (χ3n) is 12.4. The van der Waals surface area contributed by atoms with Crippen molar-refractivity contribution in [1.29, 1.82) is 0 Å². The Morgan fingerprint density at radius 2 is 0.825 bits per heavy atom. The van der Waals surface area contributed by atoms with Crippen molar-refractivity contribution in [2.24, 2.45) is 0 Å². The van der Waals surface area contributed by atoms with Crippen molar-refractivity contribution in [3.05, 3.63) is 48.6 Å². The minimum Gasteiger partial charge on any atom is -0.462 e. The molecule has 0 aromatic carbocycles. The van der Waals surface area contributed by atoms with E-state index in [0.717, 1.165) is 83.5 Å². The van der Waals surface area contributed by atoms with Gasteiger partial charge in [0.1, 0.15) is 6.10 Å². The summed E-state index contributed by atoms with van der Waals surface area (Å²) in [6.45, 7) is 6.45. The summed E-state index contributed by atoms with van der Waals surface area (Å²) in [5, 5.41) is 23.8. The third kappa shape index (κ3) is 46.2. The first-order chi connectivity index (χ1) is 31.0. The molecule has 0 heterocycles. The van der Waals surface area contributed by atoms with Gasteiger partial charge in [0, 0.05) is 6.42 Å². The smallest absolute Gasteiger partial charge is 0.306 e. The number of rotatable bonds is 49. The number of carbonyl (C=O) groups excluding carboxylic acids is 2. The normalized spacial score (nSPS) is 13.5. The number of aliphatic hydroxyl groups excluding tert-OH is 2. The van der Waals surface area contributed by atoms with Gasteiger partial charge >= 0.3 is 5.97 Å². The molecule has 3 atom stereocenters. The fraction of sp³-hybridized carbons (Fsp3) is 0.825. The van der Waals surface area contributed by atoms with Gasteiger partial charge in [0.05, 0.1) is 25.2 Å². The first kappa shape index (κ1) is 60.8. The summed E-state index contributed by atoms with van der Waals surface area (Å²) in [6, 6.07) is -0.714. The lowest BCUT2D eigenvalue weighted by molar-refractivity contribution is -0.151. The molecular formula is C57H105NO5. The Morgan fingerprint density at radius 1 is 0.460 bits per heavy atom. The van der Waals surface area contributed by atoms with E-state index in [-0.39, 0.29) is 24.9 Å². The monoisotopic (exact) mass is 884 g/mol. The van der Waals surface area contributed by atoms with Crippen LogP contribution in [0.1, 0.15) is 278 Å². The Balaban J connectivity index is 4.58. The number of hydrogen-bond acceptors (Lipinski definition) is 5. The van der Waals surface area contributed by atoms with Crippen molar-refractivity contribution >= 4 is 11.9 Å². The molecule has 0 aromatic rings. The van der Waals surface area contributed by atoms with E-state index in [9.17, 15) is 19.8 Å². The van der Waals surface area contributed by atoms with Gasteiger partial charge in [-0.1, -0.05) is 230 Å². The van der Waals surface area contributed by atoms with E-state index in [1.165, 1.54) is 148 Å². The van der Waals surface area contributed by atoms with Gasteiger partial charge in [-0.2, -0.15) is 0 Å². The zero-order valence-corrected chi connectivity index (χ0v) is 42.0. The van der Waals surface area contributed by atoms with Gasteiger partial charge in [-0.3, -0.25) is 9.59 Å². The molecule has 0 aliphatic heterocycles. The lowest BCUT2D eigenvalue weighted by Crippen LogP contribution is -2.46. The molecule has 6 nitrogen and oxygen atoms in total. The fourth-order valence-corrected chi connectivity index (χ4v) is 8.20. The molecule has 63 heavy (non-hydrogen) atoms. The molecule has 0 bridgehead atoms. The maximum absolute atomic E-state index is 13.2. The molecule has 6 heteroatoms. The SMILES string of the molecule is CCCCC/C=C\C/C=C\C/C=C\CCCCCCC(=O)OC(CCC/C=C\CCCCCCCCC)CC(=O)NC(CO)C(O)CCCCCCCCCCCCCCCCC. The lowest BCUT2D eigenvalue weighted by Gasteiger charge is -2.24. The van der Waals surface area contributed by atoms with Gasteiger partial charge in [0.2, 0.25) is 5.91 Å². The minimum absolute atomic E-state index is 0.0485. The van der Waals surface area contributed by atoms with E-state index in [0.29, 0.717) is 19.3 Å². The summed E-state index contributed by atoms with van der Waals surface area (Å²) in [4.78, 5) is 26.2. The molecule has 3 N–H and O–H groups in total. The van der Waals surface area contributed by atoms with Crippen molar-refractivity contribution in [1.82, 2.24) is 5.32 Å². The Kier molecular flexibility index (Phi) is 49.1. The Hall–Kier alpha value is -2.18. The number of unbranched alkanes of at least 4 members (excludes halogenated alkanes) is 29. The van der Waals surface area contributed by atoms with Crippen molar-refractivity contribution in [3.63, 3.8) is 0 Å². The molecule has 0 aliphatic rings. The molecule has 0 fully saturated rings. The predicted molar refractivity (Wildman–Crippen MR) is 273 cm³/mol. The highest BCUT2D eigenvalue weighted by atomic mass is 16.5. The summed E-state index contributed by atoms with van der Waals surface area (Å²) in [5.41, 5.74) is 0. The number of hydrogen-bond donors (Lipinski definition) is 3. The first-order valence-electron chi connectivity index (χ1n) is 27.4. The summed E-state index contributed by atoms with van der Waals surface area (Å²) in [5.74, 6) is -0.522. The van der Waals surface area contributed by atoms with Gasteiger partial charge in [-0.25, -0.2) is 0 Å². The molecule has 0 aliphatic carbocycles. The number of ether oxygens (including phenoxy) is 1. The maximum atomic E-state index is 13.2. The molecule has 0 saturated heterocycles. The average molecular weight is 884 g/mol. The summed E-state index contributed by atoms with van der Waals surface area (Å²) in [7, 11) is 0. The summed E-state index contributed by atoms with van der Waals surface area (Å²) < 4.78 is 5.92. The number of aliphatic hydroxyl groups is 2. The third-order valence-corrected chi connectivity index (χ3v) is 12.4. The highest BCUT2D eigenvalue weighted by Gasteiger charge is 2.24. The second kappa shape index (κ2) is 50.8. The number of allylic oxidation sites excluding steroid dienone is 8. The van der Waals surface area contributed by atoms with Gasteiger partial charge in [0.25, 0.3) is 0 Å². The van der Waals surface area contributed by atoms with Crippen molar-refractivity contribution in [2.75, 3.05) is 6.61 Å². The second-order valence-electron chi connectivity index (χ2n) is 18.6. The second-order valence-corrected chi connectivity index (χ2v) is 18.6. The van der Waals surface area contributed by atoms with Crippen molar-refractivity contribution < 1.29 is 24.5 Å². The van der Waals surface area contributed by atoms with E-state index in [1.807, 2.05) is 0 Å². The van der Waals surface area contributed by atoms with E-state index >= 15 is 0 Å². The van der Waals surface area contributed by atoms with Crippen molar-refractivity contribution in [2.45, 2.75) is 296 Å². The Morgan fingerprint density at radius 3 is 1.30 bits per heavy atom. The summed E-state index contributed by atoms with van der Waals surface area (Å²) in [6.07, 6.45) is 61.7. The zero-order valence-electron chi connectivity index (χ0n) is 42.0. The highest BCUT2D eigenvalue weighted by molar-refractivity contribution is 5.77. The van der Waals surface area contributed by atoms with E-state index in [1.54, 1.807) is 0 Å². The molecule has 368 valence electrons. The Bertz CT molecular complexity index is 1080. The molecule has 1 amide bonds. The van der Waals surface area contributed by atoms with Gasteiger partial charge < -0.3 is 20.3 Å². The van der Waals surface area contributed by atoms with Crippen LogP contribution in [0.4, 0.5) is 0 Å². The van der Waals surface area contributed by atoms with Gasteiger partial charge in [0.15, 0.2) is 0 Å². The van der Waals surface area contributed by atoms with E-state index < -0.39 is 18.2 Å². The molecule has 0 spiro atoms. The van der Waals surface area contributed by atoms with Crippen LogP contribution in [0.3, 0.4) is 0 Å². The lowest BCUT2D eigenvalue weighted by atomic mass is 10.0. The van der Waals surface area contributed by atoms with Crippen LogP contribution in [-0.2, 0) is 14.3 Å². The van der Waals surface area contributed by atoms with E-state index in [4.69, 9.17) is 4.74 Å². The van der Waals surface area contributed by atoms with Crippen LogP contribution >= 0.6 is 0 Å². The van der Waals surface area contributed by atoms with Crippen LogP contribution in [0.5, 0.6) is 0 Å². The largest absolute Gasteiger partial charge is 0.462 e. The van der Waals surface area contributed by atoms with Crippen LogP contribution in [0.25, 0.3) is 0 Å². The molecular weight excluding hydrogens is 779 g/mol. The molecule has 0 rings (SSSR count). The van der Waals surface area contributed by atoms with Crippen LogP contribution in [0, 0.1) is 0 Å². The standard InChI is InChI=1S/C57H105NO5/c1-4-7-10-13-16-19-22-25-27-28-30-32-35-38-41-44-47-50-57(62)63-53(48-45-42-39-36-33-24-21-18-15-12-9-6-3)51-56(61)58-54(52-59)55(60)49-46-43-40-37-34-31-29-26-23-20-17-14-11-8-5-2/h16,19,25,27,30,32,36,39,53-55,59-60H,4-15,17-18,20-24,26,28-29,31,33-35,37-38,40-52H2,1-3H3,(H,58,61)/b19-16-,27-25-,32-30-,39-36-. The molecule has 3 unspecified atom stereocenters. The number of carbonyl (C=O) groups is 2. The number of amides is 1. The van der Waals surface area contributed by atoms with Gasteiger partial charge in [-0.15, -0.1) is 0 Å². The van der Waals surface area contributed by atoms with Crippen LogP contribution in [0.15, 0.2) is 48.6 Å². The zero-order chi connectivity index (χ0) is 45.9. The first-order valence-corrected chi connectivity index (χ1v) is 27.4. The topological polar surface area (TPSA) is 95.9 Å². The van der Waals surface area contributed by atoms with Crippen LogP contribution in [0.2, 0.25) is 0 Å². The van der Waals surface area contributed by atoms with Crippen LogP contribution < -0.4 is 5.32 Å². The summed E-state index contributed by atoms with van der Waals surface area (Å²) >= 11 is 0. The number of nitrogens with one attached hydrogen (secondary N) is 1. The molecule has 0 saturated carbocycles.